The number of rotatable bonds is 3. The second-order valence-corrected chi connectivity index (χ2v) is 4.07. The minimum Gasteiger partial charge on any atom is -0.768 e. The Kier molecular flexibility index (Phi) is 5.46. The predicted octanol–water partition coefficient (Wildman–Crippen LogP) is -0.279. The first-order valence-corrected chi connectivity index (χ1v) is 5.75. The average Bonchev–Trinajstić information content (AvgIpc) is 2.30. The molecule has 0 spiro atoms. The summed E-state index contributed by atoms with van der Waals surface area (Å²) in [5, 5.41) is 0. The Morgan fingerprint density at radius 1 is 0.941 bits per heavy atom. The van der Waals surface area contributed by atoms with Crippen LogP contribution in [0.3, 0.4) is 0 Å². The Balaban J connectivity index is 0.00000144. The van der Waals surface area contributed by atoms with Crippen molar-refractivity contribution >= 4 is 11.1 Å². The third-order valence-corrected chi connectivity index (χ3v) is 2.62. The number of hydrogen-bond acceptors (Lipinski definition) is 3. The van der Waals surface area contributed by atoms with Crippen molar-refractivity contribution in [1.29, 1.82) is 0 Å². The van der Waals surface area contributed by atoms with E-state index in [1.165, 1.54) is 12.1 Å². The number of benzene rings is 2. The molecule has 82 valence electrons. The van der Waals surface area contributed by atoms with Crippen LogP contribution in [0.1, 0.15) is 0 Å². The van der Waals surface area contributed by atoms with E-state index in [0.717, 1.165) is 0 Å². The Hall–Kier alpha value is -1.05. The van der Waals surface area contributed by atoms with Crippen molar-refractivity contribution in [2.75, 3.05) is 0 Å². The van der Waals surface area contributed by atoms with Gasteiger partial charge in [0, 0.05) is 4.90 Å². The maximum Gasteiger partial charge on any atom is 1.00 e. The van der Waals surface area contributed by atoms with E-state index in [1.54, 1.807) is 24.3 Å². The van der Waals surface area contributed by atoms with E-state index < -0.39 is 11.1 Å². The third-order valence-electron chi connectivity index (χ3n) is 1.98. The van der Waals surface area contributed by atoms with Gasteiger partial charge in [0.05, 0.1) is 0 Å². The molecule has 0 aliphatic heterocycles. The number of hydrogen-bond donors (Lipinski definition) is 0. The van der Waals surface area contributed by atoms with E-state index in [1.807, 2.05) is 18.2 Å². The molecule has 2 aromatic rings. The Morgan fingerprint density at radius 2 is 1.59 bits per heavy atom. The van der Waals surface area contributed by atoms with Gasteiger partial charge in [0.25, 0.3) is 0 Å². The first-order chi connectivity index (χ1) is 7.75. The SMILES string of the molecule is O=S([O-])c1cccc(Oc2ccccc2)c1.[Li+]. The van der Waals surface area contributed by atoms with Gasteiger partial charge in [-0.1, -0.05) is 24.3 Å². The van der Waals surface area contributed by atoms with Crippen molar-refractivity contribution in [2.24, 2.45) is 0 Å². The molecular weight excluding hydrogens is 231 g/mol. The van der Waals surface area contributed by atoms with Gasteiger partial charge in [-0.3, -0.25) is 4.21 Å². The fraction of sp³-hybridized carbons (Fsp3) is 0. The molecule has 0 saturated carbocycles. The molecule has 0 aliphatic carbocycles. The van der Waals surface area contributed by atoms with Crippen LogP contribution in [-0.4, -0.2) is 8.76 Å². The van der Waals surface area contributed by atoms with Gasteiger partial charge in [-0.2, -0.15) is 0 Å². The molecule has 0 bridgehead atoms. The summed E-state index contributed by atoms with van der Waals surface area (Å²) in [7, 11) is 0. The normalized spacial score (nSPS) is 11.4. The minimum atomic E-state index is -2.23. The zero-order valence-corrected chi connectivity index (χ0v) is 10.1. The van der Waals surface area contributed by atoms with Crippen LogP contribution in [0.2, 0.25) is 0 Å². The molecule has 0 radical (unpaired) electrons. The largest absolute Gasteiger partial charge is 1.00 e. The summed E-state index contributed by atoms with van der Waals surface area (Å²) in [4.78, 5) is 0.216. The van der Waals surface area contributed by atoms with Crippen molar-refractivity contribution in [1.82, 2.24) is 0 Å². The van der Waals surface area contributed by atoms with Gasteiger partial charge in [0.1, 0.15) is 11.5 Å². The quantitative estimate of drug-likeness (QED) is 0.547. The first kappa shape index (κ1) is 14.0. The molecular formula is C12H9LiO3S. The van der Waals surface area contributed by atoms with Gasteiger partial charge < -0.3 is 9.29 Å². The average molecular weight is 240 g/mol. The Morgan fingerprint density at radius 3 is 2.24 bits per heavy atom. The van der Waals surface area contributed by atoms with Crippen molar-refractivity contribution in [3.8, 4) is 11.5 Å². The van der Waals surface area contributed by atoms with E-state index in [-0.39, 0.29) is 23.8 Å². The van der Waals surface area contributed by atoms with Crippen LogP contribution >= 0.6 is 0 Å². The molecule has 0 saturated heterocycles. The fourth-order valence-corrected chi connectivity index (χ4v) is 1.67. The molecule has 0 heterocycles. The van der Waals surface area contributed by atoms with E-state index in [0.29, 0.717) is 11.5 Å². The summed E-state index contributed by atoms with van der Waals surface area (Å²) >= 11 is -2.23. The molecule has 0 amide bonds. The smallest absolute Gasteiger partial charge is 0.768 e. The minimum absolute atomic E-state index is 0. The molecule has 3 nitrogen and oxygen atoms in total. The van der Waals surface area contributed by atoms with E-state index in [2.05, 4.69) is 0 Å². The van der Waals surface area contributed by atoms with Crippen molar-refractivity contribution in [2.45, 2.75) is 4.90 Å². The van der Waals surface area contributed by atoms with E-state index >= 15 is 0 Å². The second kappa shape index (κ2) is 6.63. The summed E-state index contributed by atoms with van der Waals surface area (Å²) in [5.41, 5.74) is 0. The van der Waals surface area contributed by atoms with Gasteiger partial charge in [-0.05, 0) is 41.4 Å². The molecule has 17 heavy (non-hydrogen) atoms. The first-order valence-electron chi connectivity index (χ1n) is 4.68. The van der Waals surface area contributed by atoms with Crippen molar-refractivity contribution in [3.05, 3.63) is 54.6 Å². The Bertz CT molecular complexity index is 502. The van der Waals surface area contributed by atoms with Crippen LogP contribution in [0.25, 0.3) is 0 Å². The maximum atomic E-state index is 10.8. The van der Waals surface area contributed by atoms with Gasteiger partial charge in [-0.15, -0.1) is 0 Å². The van der Waals surface area contributed by atoms with E-state index in [9.17, 15) is 8.76 Å². The van der Waals surface area contributed by atoms with Crippen LogP contribution in [0, 0.1) is 0 Å². The van der Waals surface area contributed by atoms with Gasteiger partial charge in [0.15, 0.2) is 0 Å². The van der Waals surface area contributed by atoms with Gasteiger partial charge >= 0.3 is 18.9 Å². The zero-order valence-electron chi connectivity index (χ0n) is 9.33. The molecule has 2 rings (SSSR count). The number of para-hydroxylation sites is 1. The topological polar surface area (TPSA) is 49.4 Å². The molecule has 2 aromatic carbocycles. The van der Waals surface area contributed by atoms with Crippen LogP contribution in [0.15, 0.2) is 59.5 Å². The van der Waals surface area contributed by atoms with Crippen LogP contribution in [0.5, 0.6) is 11.5 Å². The second-order valence-electron chi connectivity index (χ2n) is 3.12. The molecule has 0 N–H and O–H groups in total. The summed E-state index contributed by atoms with van der Waals surface area (Å²) < 4.78 is 27.0. The Labute approximate surface area is 114 Å². The summed E-state index contributed by atoms with van der Waals surface area (Å²) in [6.45, 7) is 0. The summed E-state index contributed by atoms with van der Waals surface area (Å²) in [5.74, 6) is 1.18. The van der Waals surface area contributed by atoms with Gasteiger partial charge in [0.2, 0.25) is 0 Å². The third kappa shape index (κ3) is 4.03. The van der Waals surface area contributed by atoms with E-state index in [4.69, 9.17) is 4.74 Å². The standard InChI is InChI=1S/C12H10O3S.Li/c13-16(14)12-8-4-7-11(9-12)15-10-5-2-1-3-6-10;/h1-9H,(H,13,14);/q;+1/p-1. The molecule has 1 unspecified atom stereocenters. The van der Waals surface area contributed by atoms with Crippen molar-refractivity contribution in [3.63, 3.8) is 0 Å². The molecule has 0 fully saturated rings. The van der Waals surface area contributed by atoms with Crippen LogP contribution < -0.4 is 23.6 Å². The molecule has 5 heteroatoms. The molecule has 0 aliphatic rings. The molecule has 1 atom stereocenters. The summed E-state index contributed by atoms with van der Waals surface area (Å²) in [6.07, 6.45) is 0. The fourth-order valence-electron chi connectivity index (χ4n) is 1.27. The predicted molar refractivity (Wildman–Crippen MR) is 60.1 cm³/mol. The summed E-state index contributed by atoms with van der Waals surface area (Å²) in [6, 6.07) is 15.6. The van der Waals surface area contributed by atoms with Crippen LogP contribution in [-0.2, 0) is 11.1 Å². The number of ether oxygens (including phenoxy) is 1. The maximum absolute atomic E-state index is 10.8. The van der Waals surface area contributed by atoms with Crippen molar-refractivity contribution < 1.29 is 32.4 Å². The monoisotopic (exact) mass is 240 g/mol. The van der Waals surface area contributed by atoms with Crippen LogP contribution in [0.4, 0.5) is 0 Å². The molecule has 0 aromatic heterocycles. The zero-order chi connectivity index (χ0) is 11.4. The van der Waals surface area contributed by atoms with Gasteiger partial charge in [-0.25, -0.2) is 0 Å².